The molecule has 1 rings (SSSR count). The standard InChI is InChI=1S/C13H15F3NO/c1-4-10-5-7-11(8-6-10)12(18)17(2,3)9-13(14,15)16/h4-8H,1,9H2,2-3H3/q+1. The van der Waals surface area contributed by atoms with Gasteiger partial charge in [0.05, 0.1) is 19.7 Å². The molecule has 18 heavy (non-hydrogen) atoms. The molecule has 0 aliphatic rings. The maximum atomic E-state index is 12.4. The molecular weight excluding hydrogens is 243 g/mol. The van der Waals surface area contributed by atoms with Crippen LogP contribution in [0.15, 0.2) is 30.8 Å². The Labute approximate surface area is 104 Å². The molecule has 0 aliphatic heterocycles. The first-order valence-electron chi connectivity index (χ1n) is 5.33. The summed E-state index contributed by atoms with van der Waals surface area (Å²) in [5, 5.41) is 0. The molecule has 0 atom stereocenters. The summed E-state index contributed by atoms with van der Waals surface area (Å²) in [5.74, 6) is -0.567. The lowest BCUT2D eigenvalue weighted by molar-refractivity contribution is -0.820. The highest BCUT2D eigenvalue weighted by atomic mass is 19.4. The second-order valence-corrected chi connectivity index (χ2v) is 4.59. The Morgan fingerprint density at radius 1 is 1.28 bits per heavy atom. The van der Waals surface area contributed by atoms with Crippen molar-refractivity contribution in [1.29, 1.82) is 0 Å². The molecule has 0 spiro atoms. The van der Waals surface area contributed by atoms with Crippen LogP contribution < -0.4 is 0 Å². The second kappa shape index (κ2) is 4.94. The van der Waals surface area contributed by atoms with E-state index in [4.69, 9.17) is 0 Å². The number of carbonyl (C=O) groups is 1. The van der Waals surface area contributed by atoms with E-state index in [1.165, 1.54) is 26.2 Å². The number of hydrogen-bond donors (Lipinski definition) is 0. The van der Waals surface area contributed by atoms with Crippen LogP contribution in [0.5, 0.6) is 0 Å². The average Bonchev–Trinajstić information content (AvgIpc) is 2.25. The van der Waals surface area contributed by atoms with Gasteiger partial charge in [0.25, 0.3) is 0 Å². The highest BCUT2D eigenvalue weighted by molar-refractivity contribution is 5.89. The molecule has 5 heteroatoms. The summed E-state index contributed by atoms with van der Waals surface area (Å²) in [6, 6.07) is 6.31. The minimum atomic E-state index is -4.37. The Balaban J connectivity index is 2.94. The van der Waals surface area contributed by atoms with Crippen molar-refractivity contribution in [2.24, 2.45) is 0 Å². The van der Waals surface area contributed by atoms with Crippen LogP contribution in [0.1, 0.15) is 15.9 Å². The van der Waals surface area contributed by atoms with Crippen molar-refractivity contribution in [3.8, 4) is 0 Å². The van der Waals surface area contributed by atoms with Gasteiger partial charge in [-0.15, -0.1) is 0 Å². The van der Waals surface area contributed by atoms with Gasteiger partial charge in [0.1, 0.15) is 0 Å². The third-order valence-electron chi connectivity index (χ3n) is 2.52. The fourth-order valence-electron chi connectivity index (χ4n) is 1.63. The van der Waals surface area contributed by atoms with Gasteiger partial charge in [0.2, 0.25) is 0 Å². The third-order valence-corrected chi connectivity index (χ3v) is 2.52. The van der Waals surface area contributed by atoms with Gasteiger partial charge in [-0.25, -0.2) is 4.79 Å². The molecule has 1 amide bonds. The first-order valence-corrected chi connectivity index (χ1v) is 5.33. The number of alkyl halides is 3. The van der Waals surface area contributed by atoms with Gasteiger partial charge in [-0.3, -0.25) is 4.48 Å². The van der Waals surface area contributed by atoms with E-state index < -0.39 is 23.1 Å². The summed E-state index contributed by atoms with van der Waals surface area (Å²) in [7, 11) is 2.49. The van der Waals surface area contributed by atoms with E-state index in [9.17, 15) is 18.0 Å². The highest BCUT2D eigenvalue weighted by Gasteiger charge is 2.41. The van der Waals surface area contributed by atoms with E-state index in [2.05, 4.69) is 6.58 Å². The molecule has 1 aromatic rings. The van der Waals surface area contributed by atoms with Gasteiger partial charge in [0.15, 0.2) is 6.54 Å². The molecule has 0 unspecified atom stereocenters. The van der Waals surface area contributed by atoms with Crippen LogP contribution in [-0.2, 0) is 0 Å². The maximum absolute atomic E-state index is 12.4. The maximum Gasteiger partial charge on any atom is 0.438 e. The summed E-state index contributed by atoms with van der Waals surface area (Å²) in [6.07, 6.45) is -2.77. The fraction of sp³-hybridized carbons (Fsp3) is 0.308. The predicted molar refractivity (Wildman–Crippen MR) is 63.9 cm³/mol. The largest absolute Gasteiger partial charge is 0.438 e. The number of hydrogen-bond acceptors (Lipinski definition) is 1. The van der Waals surface area contributed by atoms with Gasteiger partial charge in [0, 0.05) is 0 Å². The van der Waals surface area contributed by atoms with Crippen LogP contribution in [0, 0.1) is 0 Å². The number of nitrogens with zero attached hydrogens (tertiary/aromatic N) is 1. The minimum Gasteiger partial charge on any atom is -0.253 e. The van der Waals surface area contributed by atoms with Gasteiger partial charge in [-0.2, -0.15) is 13.2 Å². The third kappa shape index (κ3) is 3.70. The summed E-state index contributed by atoms with van der Waals surface area (Å²) in [5.41, 5.74) is 1.07. The summed E-state index contributed by atoms with van der Waals surface area (Å²) >= 11 is 0. The van der Waals surface area contributed by atoms with E-state index in [1.54, 1.807) is 18.2 Å². The average molecular weight is 258 g/mol. The number of rotatable bonds is 3. The Kier molecular flexibility index (Phi) is 3.96. The molecule has 2 nitrogen and oxygen atoms in total. The lowest BCUT2D eigenvalue weighted by Crippen LogP contribution is -2.51. The van der Waals surface area contributed by atoms with Gasteiger partial charge in [-0.1, -0.05) is 24.8 Å². The number of carbonyl (C=O) groups excluding carboxylic acids is 1. The minimum absolute atomic E-state index is 0.259. The highest BCUT2D eigenvalue weighted by Crippen LogP contribution is 2.21. The van der Waals surface area contributed by atoms with E-state index in [0.29, 0.717) is 0 Å². The van der Waals surface area contributed by atoms with Crippen molar-refractivity contribution in [2.75, 3.05) is 20.6 Å². The Morgan fingerprint density at radius 3 is 2.17 bits per heavy atom. The zero-order chi connectivity index (χ0) is 14.0. The SMILES string of the molecule is C=Cc1ccc(C(=O)[N+](C)(C)CC(F)(F)F)cc1. The van der Waals surface area contributed by atoms with Crippen molar-refractivity contribution in [2.45, 2.75) is 6.18 Å². The number of halogens is 3. The Bertz CT molecular complexity index is 446. The van der Waals surface area contributed by atoms with E-state index >= 15 is 0 Å². The van der Waals surface area contributed by atoms with E-state index in [0.717, 1.165) is 5.56 Å². The molecule has 0 heterocycles. The van der Waals surface area contributed by atoms with Crippen molar-refractivity contribution < 1.29 is 22.4 Å². The number of quaternary nitrogens is 1. The molecule has 0 saturated heterocycles. The van der Waals surface area contributed by atoms with Crippen molar-refractivity contribution in [3.05, 3.63) is 42.0 Å². The zero-order valence-electron chi connectivity index (χ0n) is 10.3. The van der Waals surface area contributed by atoms with Crippen molar-refractivity contribution in [3.63, 3.8) is 0 Å². The lowest BCUT2D eigenvalue weighted by atomic mass is 10.1. The van der Waals surface area contributed by atoms with Crippen LogP contribution in [0.2, 0.25) is 0 Å². The molecule has 0 fully saturated rings. The first kappa shape index (κ1) is 14.4. The molecule has 0 aliphatic carbocycles. The summed E-state index contributed by atoms with van der Waals surface area (Å²) < 4.78 is 36.3. The monoisotopic (exact) mass is 258 g/mol. The topological polar surface area (TPSA) is 17.1 Å². The Hall–Kier alpha value is -1.62. The fourth-order valence-corrected chi connectivity index (χ4v) is 1.63. The normalized spacial score (nSPS) is 12.3. The number of benzene rings is 1. The second-order valence-electron chi connectivity index (χ2n) is 4.59. The van der Waals surface area contributed by atoms with Crippen LogP contribution in [-0.4, -0.2) is 37.2 Å². The van der Waals surface area contributed by atoms with Crippen LogP contribution in [0.4, 0.5) is 13.2 Å². The number of amides is 1. The Morgan fingerprint density at radius 2 is 1.78 bits per heavy atom. The van der Waals surface area contributed by atoms with Crippen molar-refractivity contribution >= 4 is 12.0 Å². The zero-order valence-corrected chi connectivity index (χ0v) is 10.3. The van der Waals surface area contributed by atoms with Crippen LogP contribution in [0.25, 0.3) is 6.08 Å². The van der Waals surface area contributed by atoms with E-state index in [1.807, 2.05) is 0 Å². The molecule has 1 aromatic carbocycles. The lowest BCUT2D eigenvalue weighted by Gasteiger charge is -2.27. The van der Waals surface area contributed by atoms with Gasteiger partial charge in [-0.05, 0) is 17.7 Å². The summed E-state index contributed by atoms with van der Waals surface area (Å²) in [6.45, 7) is 2.38. The van der Waals surface area contributed by atoms with Gasteiger partial charge < -0.3 is 0 Å². The molecule has 98 valence electrons. The predicted octanol–water partition coefficient (Wildman–Crippen LogP) is 3.11. The summed E-state index contributed by atoms with van der Waals surface area (Å²) in [4.78, 5) is 12.0. The molecular formula is C13H15F3NO+. The molecule has 0 N–H and O–H groups in total. The quantitative estimate of drug-likeness (QED) is 0.761. The van der Waals surface area contributed by atoms with Crippen molar-refractivity contribution in [1.82, 2.24) is 0 Å². The smallest absolute Gasteiger partial charge is 0.253 e. The molecule has 0 aromatic heterocycles. The first-order chi connectivity index (χ1) is 8.15. The van der Waals surface area contributed by atoms with E-state index in [-0.39, 0.29) is 5.56 Å². The van der Waals surface area contributed by atoms with Crippen LogP contribution >= 0.6 is 0 Å². The van der Waals surface area contributed by atoms with Crippen LogP contribution in [0.3, 0.4) is 0 Å². The molecule has 0 saturated carbocycles. The van der Waals surface area contributed by atoms with Gasteiger partial charge >= 0.3 is 12.1 Å². The molecule has 0 bridgehead atoms. The molecule has 0 radical (unpaired) electrons.